The van der Waals surface area contributed by atoms with Crippen molar-refractivity contribution in [1.29, 1.82) is 0 Å². The van der Waals surface area contributed by atoms with E-state index < -0.39 is 15.7 Å². The molecule has 1 saturated heterocycles. The first-order valence-electron chi connectivity index (χ1n) is 6.96. The van der Waals surface area contributed by atoms with Crippen LogP contribution in [0, 0.1) is 5.92 Å². The lowest BCUT2D eigenvalue weighted by atomic mass is 10.1. The van der Waals surface area contributed by atoms with Crippen LogP contribution in [0.3, 0.4) is 0 Å². The Morgan fingerprint density at radius 2 is 2.09 bits per heavy atom. The molecule has 1 aromatic heterocycles. The number of sulfone groups is 1. The van der Waals surface area contributed by atoms with E-state index in [1.807, 2.05) is 0 Å². The van der Waals surface area contributed by atoms with Gasteiger partial charge in [0.25, 0.3) is 5.91 Å². The number of fused-ring (bicyclic) bond motifs is 1. The smallest absolute Gasteiger partial charge is 0.287 e. The van der Waals surface area contributed by atoms with E-state index in [1.165, 1.54) is 0 Å². The van der Waals surface area contributed by atoms with Crippen LogP contribution < -0.4 is 10.7 Å². The molecule has 1 atom stereocenters. The quantitative estimate of drug-likeness (QED) is 0.909. The number of para-hydroxylation sites is 1. The summed E-state index contributed by atoms with van der Waals surface area (Å²) in [5.41, 5.74) is 0.0686. The van der Waals surface area contributed by atoms with Gasteiger partial charge in [0.15, 0.2) is 21.0 Å². The molecule has 7 heteroatoms. The third-order valence-corrected chi connectivity index (χ3v) is 5.57. The predicted molar refractivity (Wildman–Crippen MR) is 81.6 cm³/mol. The van der Waals surface area contributed by atoms with Crippen molar-refractivity contribution in [1.82, 2.24) is 5.32 Å². The van der Waals surface area contributed by atoms with Crippen molar-refractivity contribution in [3.63, 3.8) is 0 Å². The first-order valence-corrected chi connectivity index (χ1v) is 8.78. The minimum atomic E-state index is -2.97. The monoisotopic (exact) mass is 321 g/mol. The summed E-state index contributed by atoms with van der Waals surface area (Å²) in [4.78, 5) is 24.0. The lowest BCUT2D eigenvalue weighted by Gasteiger charge is -2.09. The van der Waals surface area contributed by atoms with Crippen LogP contribution >= 0.6 is 0 Å². The van der Waals surface area contributed by atoms with Gasteiger partial charge >= 0.3 is 0 Å². The molecule has 6 nitrogen and oxygen atoms in total. The van der Waals surface area contributed by atoms with Gasteiger partial charge in [-0.05, 0) is 24.5 Å². The zero-order valence-electron chi connectivity index (χ0n) is 11.7. The minimum Gasteiger partial charge on any atom is -0.451 e. The Bertz CT molecular complexity index is 884. The number of benzene rings is 1. The van der Waals surface area contributed by atoms with E-state index in [2.05, 4.69) is 5.32 Å². The lowest BCUT2D eigenvalue weighted by Crippen LogP contribution is -2.30. The molecule has 3 rings (SSSR count). The maximum Gasteiger partial charge on any atom is 0.287 e. The van der Waals surface area contributed by atoms with Gasteiger partial charge in [-0.1, -0.05) is 12.1 Å². The van der Waals surface area contributed by atoms with E-state index in [-0.39, 0.29) is 35.2 Å². The molecule has 1 aromatic carbocycles. The Balaban J connectivity index is 1.74. The van der Waals surface area contributed by atoms with Crippen molar-refractivity contribution in [2.45, 2.75) is 6.42 Å². The molecule has 0 radical (unpaired) electrons. The van der Waals surface area contributed by atoms with Gasteiger partial charge in [0.2, 0.25) is 0 Å². The molecule has 2 aromatic rings. The minimum absolute atomic E-state index is 0.0652. The van der Waals surface area contributed by atoms with Crippen molar-refractivity contribution in [2.24, 2.45) is 5.92 Å². The summed E-state index contributed by atoms with van der Waals surface area (Å²) >= 11 is 0. The third-order valence-electron chi connectivity index (χ3n) is 3.74. The SMILES string of the molecule is O=C(NC[C@H]1CCS(=O)(=O)C1)c1cc(=O)c2ccccc2o1. The summed E-state index contributed by atoms with van der Waals surface area (Å²) in [7, 11) is -2.97. The number of carbonyl (C=O) groups excluding carboxylic acids is 1. The molecular formula is C15H15NO5S. The van der Waals surface area contributed by atoms with E-state index >= 15 is 0 Å². The Morgan fingerprint density at radius 1 is 1.32 bits per heavy atom. The van der Waals surface area contributed by atoms with Gasteiger partial charge in [0, 0.05) is 12.6 Å². The van der Waals surface area contributed by atoms with E-state index in [4.69, 9.17) is 4.42 Å². The highest BCUT2D eigenvalue weighted by atomic mass is 32.2. The number of nitrogens with one attached hydrogen (secondary N) is 1. The van der Waals surface area contributed by atoms with Gasteiger partial charge in [-0.2, -0.15) is 0 Å². The van der Waals surface area contributed by atoms with Crippen LogP contribution in [0.15, 0.2) is 39.5 Å². The standard InChI is InChI=1S/C15H15NO5S/c17-12-7-14(21-13-4-2-1-3-11(12)13)15(18)16-8-10-5-6-22(19,20)9-10/h1-4,7,10H,5-6,8-9H2,(H,16,18)/t10-/m1/s1. The number of hydrogen-bond acceptors (Lipinski definition) is 5. The molecule has 1 amide bonds. The molecule has 1 N–H and O–H groups in total. The van der Waals surface area contributed by atoms with E-state index in [9.17, 15) is 18.0 Å². The van der Waals surface area contributed by atoms with Crippen molar-refractivity contribution in [3.05, 3.63) is 46.3 Å². The maximum atomic E-state index is 12.1. The Kier molecular flexibility index (Phi) is 3.74. The Morgan fingerprint density at radius 3 is 2.82 bits per heavy atom. The van der Waals surface area contributed by atoms with Crippen LogP contribution in [0.25, 0.3) is 11.0 Å². The summed E-state index contributed by atoms with van der Waals surface area (Å²) in [6.07, 6.45) is 0.546. The first-order chi connectivity index (χ1) is 10.4. The molecule has 2 heterocycles. The third kappa shape index (κ3) is 3.04. The highest BCUT2D eigenvalue weighted by Crippen LogP contribution is 2.17. The zero-order valence-corrected chi connectivity index (χ0v) is 12.6. The molecule has 0 unspecified atom stereocenters. The molecule has 1 aliphatic rings. The van der Waals surface area contributed by atoms with Crippen LogP contribution in [0.4, 0.5) is 0 Å². The van der Waals surface area contributed by atoms with Crippen LogP contribution in [0.2, 0.25) is 0 Å². The van der Waals surface area contributed by atoms with Gasteiger partial charge in [-0.15, -0.1) is 0 Å². The first kappa shape index (κ1) is 14.8. The zero-order chi connectivity index (χ0) is 15.7. The number of carbonyl (C=O) groups is 1. The molecule has 0 saturated carbocycles. The fourth-order valence-corrected chi connectivity index (χ4v) is 4.43. The molecular weight excluding hydrogens is 306 g/mol. The largest absolute Gasteiger partial charge is 0.451 e. The van der Waals surface area contributed by atoms with E-state index in [0.717, 1.165) is 6.07 Å². The van der Waals surface area contributed by atoms with Gasteiger partial charge in [-0.3, -0.25) is 9.59 Å². The van der Waals surface area contributed by atoms with Gasteiger partial charge in [0.1, 0.15) is 5.58 Å². The Labute approximate surface area is 127 Å². The van der Waals surface area contributed by atoms with E-state index in [0.29, 0.717) is 17.4 Å². The van der Waals surface area contributed by atoms with Crippen molar-refractivity contribution < 1.29 is 17.6 Å². The van der Waals surface area contributed by atoms with Crippen LogP contribution in [0.5, 0.6) is 0 Å². The molecule has 0 spiro atoms. The average molecular weight is 321 g/mol. The van der Waals surface area contributed by atoms with Crippen molar-refractivity contribution >= 4 is 26.7 Å². The van der Waals surface area contributed by atoms with Gasteiger partial charge in [-0.25, -0.2) is 8.42 Å². The number of hydrogen-bond donors (Lipinski definition) is 1. The fourth-order valence-electron chi connectivity index (χ4n) is 2.57. The predicted octanol–water partition coefficient (Wildman–Crippen LogP) is 0.958. The normalized spacial score (nSPS) is 20.1. The number of rotatable bonds is 3. The second-order valence-corrected chi connectivity index (χ2v) is 7.68. The summed E-state index contributed by atoms with van der Waals surface area (Å²) < 4.78 is 28.2. The molecule has 0 aliphatic carbocycles. The molecule has 116 valence electrons. The summed E-state index contributed by atoms with van der Waals surface area (Å²) in [6, 6.07) is 7.85. The van der Waals surface area contributed by atoms with E-state index in [1.54, 1.807) is 24.3 Å². The number of amides is 1. The average Bonchev–Trinajstić information content (AvgIpc) is 2.84. The van der Waals surface area contributed by atoms with Crippen LogP contribution in [-0.2, 0) is 9.84 Å². The summed E-state index contributed by atoms with van der Waals surface area (Å²) in [5.74, 6) is -0.397. The second-order valence-electron chi connectivity index (χ2n) is 5.45. The fraction of sp³-hybridized carbons (Fsp3) is 0.333. The summed E-state index contributed by atoms with van der Waals surface area (Å²) in [5, 5.41) is 3.05. The summed E-state index contributed by atoms with van der Waals surface area (Å²) in [6.45, 7) is 0.259. The van der Waals surface area contributed by atoms with Crippen LogP contribution in [-0.4, -0.2) is 32.4 Å². The van der Waals surface area contributed by atoms with Gasteiger partial charge in [0.05, 0.1) is 16.9 Å². The molecule has 1 fully saturated rings. The lowest BCUT2D eigenvalue weighted by molar-refractivity contribution is 0.0921. The molecule has 1 aliphatic heterocycles. The van der Waals surface area contributed by atoms with Gasteiger partial charge < -0.3 is 9.73 Å². The molecule has 0 bridgehead atoms. The topological polar surface area (TPSA) is 93.5 Å². The van der Waals surface area contributed by atoms with Crippen molar-refractivity contribution in [3.8, 4) is 0 Å². The Hall–Kier alpha value is -2.15. The van der Waals surface area contributed by atoms with Crippen LogP contribution in [0.1, 0.15) is 17.0 Å². The molecule has 22 heavy (non-hydrogen) atoms. The highest BCUT2D eigenvalue weighted by Gasteiger charge is 2.28. The highest BCUT2D eigenvalue weighted by molar-refractivity contribution is 7.91. The maximum absolute atomic E-state index is 12.1. The second kappa shape index (κ2) is 5.57. The van der Waals surface area contributed by atoms with Crippen molar-refractivity contribution in [2.75, 3.05) is 18.1 Å².